The minimum atomic E-state index is 0.648. The number of nitrogens with zero attached hydrogens (tertiary/aromatic N) is 3. The van der Waals surface area contributed by atoms with Gasteiger partial charge in [-0.2, -0.15) is 0 Å². The summed E-state index contributed by atoms with van der Waals surface area (Å²) in [5.74, 6) is 0. The highest BCUT2D eigenvalue weighted by Gasteiger charge is 2.03. The molecule has 2 heterocycles. The molecule has 2 N–H and O–H groups in total. The molecule has 3 rings (SSSR count). The van der Waals surface area contributed by atoms with Crippen LogP contribution in [0, 0.1) is 0 Å². The van der Waals surface area contributed by atoms with Crippen LogP contribution in [-0.4, -0.2) is 14.5 Å². The highest BCUT2D eigenvalue weighted by Crippen LogP contribution is 2.18. The minimum Gasteiger partial charge on any atom is -0.397 e. The van der Waals surface area contributed by atoms with Gasteiger partial charge < -0.3 is 5.73 Å². The number of fused-ring (bicyclic) bond motifs is 1. The zero-order chi connectivity index (χ0) is 11.0. The molecular weight excluding hydrogens is 200 g/mol. The Balaban J connectivity index is 2.26. The minimum absolute atomic E-state index is 0.648. The summed E-state index contributed by atoms with van der Waals surface area (Å²) in [5, 5.41) is 0. The van der Waals surface area contributed by atoms with E-state index in [4.69, 9.17) is 5.73 Å². The van der Waals surface area contributed by atoms with Crippen molar-refractivity contribution >= 4 is 16.7 Å². The Morgan fingerprint density at radius 3 is 2.88 bits per heavy atom. The van der Waals surface area contributed by atoms with Crippen LogP contribution in [0.3, 0.4) is 0 Å². The molecule has 0 radical (unpaired) electrons. The molecule has 0 fully saturated rings. The van der Waals surface area contributed by atoms with E-state index in [1.807, 2.05) is 34.9 Å². The Bertz CT molecular complexity index is 642. The van der Waals surface area contributed by atoms with Gasteiger partial charge in [-0.15, -0.1) is 0 Å². The molecule has 0 unspecified atom stereocenters. The van der Waals surface area contributed by atoms with Crippen molar-refractivity contribution in [2.24, 2.45) is 0 Å². The van der Waals surface area contributed by atoms with Gasteiger partial charge in [-0.1, -0.05) is 12.1 Å². The molecule has 3 aromatic rings. The van der Waals surface area contributed by atoms with Crippen LogP contribution in [0.4, 0.5) is 5.69 Å². The lowest BCUT2D eigenvalue weighted by Crippen LogP contribution is -1.95. The topological polar surface area (TPSA) is 56.7 Å². The van der Waals surface area contributed by atoms with E-state index in [0.29, 0.717) is 5.69 Å². The number of benzene rings is 1. The van der Waals surface area contributed by atoms with E-state index < -0.39 is 0 Å². The highest BCUT2D eigenvalue weighted by molar-refractivity contribution is 5.77. The van der Waals surface area contributed by atoms with E-state index in [1.54, 1.807) is 18.7 Å². The van der Waals surface area contributed by atoms with Crippen molar-refractivity contribution in [2.45, 2.75) is 0 Å². The summed E-state index contributed by atoms with van der Waals surface area (Å²) in [7, 11) is 0. The molecule has 0 saturated heterocycles. The lowest BCUT2D eigenvalue weighted by atomic mass is 10.3. The Kier molecular flexibility index (Phi) is 1.86. The number of nitrogens with two attached hydrogens (primary N) is 1. The van der Waals surface area contributed by atoms with E-state index in [0.717, 1.165) is 16.7 Å². The first kappa shape index (κ1) is 8.91. The maximum absolute atomic E-state index is 5.71. The van der Waals surface area contributed by atoms with Gasteiger partial charge in [0, 0.05) is 6.20 Å². The summed E-state index contributed by atoms with van der Waals surface area (Å²) >= 11 is 0. The van der Waals surface area contributed by atoms with Crippen LogP contribution in [0.1, 0.15) is 0 Å². The fourth-order valence-electron chi connectivity index (χ4n) is 1.74. The van der Waals surface area contributed by atoms with Crippen LogP contribution in [-0.2, 0) is 0 Å². The molecule has 78 valence electrons. The van der Waals surface area contributed by atoms with Gasteiger partial charge >= 0.3 is 0 Å². The zero-order valence-corrected chi connectivity index (χ0v) is 8.54. The van der Waals surface area contributed by atoms with Gasteiger partial charge in [0.2, 0.25) is 0 Å². The second-order valence-electron chi connectivity index (χ2n) is 3.58. The van der Waals surface area contributed by atoms with Crippen LogP contribution in [0.2, 0.25) is 0 Å². The van der Waals surface area contributed by atoms with Crippen LogP contribution in [0.25, 0.3) is 16.7 Å². The lowest BCUT2D eigenvalue weighted by molar-refractivity contribution is 1.07. The van der Waals surface area contributed by atoms with Crippen molar-refractivity contribution in [1.29, 1.82) is 0 Å². The summed E-state index contributed by atoms with van der Waals surface area (Å²) in [6, 6.07) is 9.83. The molecule has 0 amide bonds. The molecule has 0 saturated carbocycles. The average molecular weight is 210 g/mol. The van der Waals surface area contributed by atoms with E-state index in [-0.39, 0.29) is 0 Å². The standard InChI is InChI=1S/C12H10N4/c13-9-5-10(7-14-6-9)16-8-15-11-3-1-2-4-12(11)16/h1-8H,13H2. The predicted molar refractivity (Wildman–Crippen MR) is 63.3 cm³/mol. The van der Waals surface area contributed by atoms with Crippen molar-refractivity contribution in [3.05, 3.63) is 49.1 Å². The van der Waals surface area contributed by atoms with Crippen molar-refractivity contribution in [2.75, 3.05) is 5.73 Å². The van der Waals surface area contributed by atoms with Crippen LogP contribution in [0.15, 0.2) is 49.1 Å². The molecule has 0 spiro atoms. The van der Waals surface area contributed by atoms with E-state index in [2.05, 4.69) is 9.97 Å². The monoisotopic (exact) mass is 210 g/mol. The van der Waals surface area contributed by atoms with E-state index in [9.17, 15) is 0 Å². The van der Waals surface area contributed by atoms with Crippen LogP contribution < -0.4 is 5.73 Å². The third-order valence-corrected chi connectivity index (χ3v) is 2.48. The Labute approximate surface area is 92.4 Å². The third kappa shape index (κ3) is 1.32. The second-order valence-corrected chi connectivity index (χ2v) is 3.58. The largest absolute Gasteiger partial charge is 0.397 e. The van der Waals surface area contributed by atoms with Gasteiger partial charge in [-0.05, 0) is 18.2 Å². The summed E-state index contributed by atoms with van der Waals surface area (Å²) in [5.41, 5.74) is 9.30. The molecule has 0 atom stereocenters. The molecule has 0 aliphatic rings. The number of imidazole rings is 1. The number of aromatic nitrogens is 3. The van der Waals surface area contributed by atoms with E-state index >= 15 is 0 Å². The van der Waals surface area contributed by atoms with Gasteiger partial charge in [0.15, 0.2) is 0 Å². The predicted octanol–water partition coefficient (Wildman–Crippen LogP) is 2.00. The molecule has 4 heteroatoms. The fourth-order valence-corrected chi connectivity index (χ4v) is 1.74. The fraction of sp³-hybridized carbons (Fsp3) is 0. The highest BCUT2D eigenvalue weighted by atomic mass is 15.1. The number of rotatable bonds is 1. The van der Waals surface area contributed by atoms with Crippen molar-refractivity contribution < 1.29 is 0 Å². The zero-order valence-electron chi connectivity index (χ0n) is 8.54. The van der Waals surface area contributed by atoms with Crippen molar-refractivity contribution in [1.82, 2.24) is 14.5 Å². The molecular formula is C12H10N4. The van der Waals surface area contributed by atoms with Crippen LogP contribution >= 0.6 is 0 Å². The van der Waals surface area contributed by atoms with Gasteiger partial charge in [0.05, 0.1) is 28.6 Å². The van der Waals surface area contributed by atoms with Crippen molar-refractivity contribution in [3.63, 3.8) is 0 Å². The first-order valence-corrected chi connectivity index (χ1v) is 4.97. The normalized spacial score (nSPS) is 10.8. The number of nitrogen functional groups attached to an aromatic ring is 1. The Hall–Kier alpha value is -2.36. The van der Waals surface area contributed by atoms with Gasteiger partial charge in [-0.25, -0.2) is 4.98 Å². The number of pyridine rings is 1. The summed E-state index contributed by atoms with van der Waals surface area (Å²) in [6.07, 6.45) is 5.17. The maximum Gasteiger partial charge on any atom is 0.100 e. The maximum atomic E-state index is 5.71. The molecule has 4 nitrogen and oxygen atoms in total. The van der Waals surface area contributed by atoms with Gasteiger partial charge in [0.25, 0.3) is 0 Å². The quantitative estimate of drug-likeness (QED) is 0.668. The number of hydrogen-bond acceptors (Lipinski definition) is 3. The average Bonchev–Trinajstić information content (AvgIpc) is 2.72. The van der Waals surface area contributed by atoms with E-state index in [1.165, 1.54) is 0 Å². The lowest BCUT2D eigenvalue weighted by Gasteiger charge is -2.03. The van der Waals surface area contributed by atoms with Crippen LogP contribution in [0.5, 0.6) is 0 Å². The molecule has 0 bridgehead atoms. The smallest absolute Gasteiger partial charge is 0.100 e. The SMILES string of the molecule is Nc1cncc(-n2cnc3ccccc32)c1. The summed E-state index contributed by atoms with van der Waals surface area (Å²) in [6.45, 7) is 0. The summed E-state index contributed by atoms with van der Waals surface area (Å²) in [4.78, 5) is 8.39. The van der Waals surface area contributed by atoms with Crippen molar-refractivity contribution in [3.8, 4) is 5.69 Å². The molecule has 0 aliphatic carbocycles. The number of hydrogen-bond donors (Lipinski definition) is 1. The molecule has 0 aliphatic heterocycles. The number of anilines is 1. The third-order valence-electron chi connectivity index (χ3n) is 2.48. The Morgan fingerprint density at radius 1 is 1.12 bits per heavy atom. The van der Waals surface area contributed by atoms with Gasteiger partial charge in [0.1, 0.15) is 6.33 Å². The first-order valence-electron chi connectivity index (χ1n) is 4.97. The first-order chi connectivity index (χ1) is 7.84. The molecule has 1 aromatic carbocycles. The molecule has 2 aromatic heterocycles. The summed E-state index contributed by atoms with van der Waals surface area (Å²) < 4.78 is 1.97. The number of para-hydroxylation sites is 2. The van der Waals surface area contributed by atoms with Gasteiger partial charge in [-0.3, -0.25) is 9.55 Å². The molecule has 16 heavy (non-hydrogen) atoms. The Morgan fingerprint density at radius 2 is 2.00 bits per heavy atom. The second kappa shape index (κ2) is 3.34.